The third-order valence-corrected chi connectivity index (χ3v) is 2.38. The van der Waals surface area contributed by atoms with Crippen molar-refractivity contribution in [2.75, 3.05) is 0 Å². The molecule has 0 radical (unpaired) electrons. The van der Waals surface area contributed by atoms with Crippen molar-refractivity contribution in [1.82, 2.24) is 9.97 Å². The van der Waals surface area contributed by atoms with Crippen molar-refractivity contribution in [3.05, 3.63) is 53.1 Å². The van der Waals surface area contributed by atoms with Gasteiger partial charge in [0.25, 0.3) is 0 Å². The fraction of sp³-hybridized carbons (Fsp3) is 0.0833. The van der Waals surface area contributed by atoms with Crippen LogP contribution in [-0.2, 0) is 0 Å². The van der Waals surface area contributed by atoms with Crippen molar-refractivity contribution >= 4 is 11.6 Å². The molecule has 0 aliphatic carbocycles. The summed E-state index contributed by atoms with van der Waals surface area (Å²) in [6.07, 6.45) is 1.61. The first kappa shape index (κ1) is 11.1. The largest absolute Gasteiger partial charge is 0.384 e. The number of hydrogen-bond donors (Lipinski definition) is 3. The lowest BCUT2D eigenvalue weighted by molar-refractivity contribution is 0.103. The van der Waals surface area contributed by atoms with Crippen molar-refractivity contribution in [1.29, 1.82) is 5.41 Å². The van der Waals surface area contributed by atoms with E-state index in [1.807, 2.05) is 6.92 Å². The molecule has 86 valence electrons. The number of aromatic amines is 1. The Labute approximate surface area is 98.2 Å². The van der Waals surface area contributed by atoms with E-state index >= 15 is 0 Å². The number of aryl methyl sites for hydroxylation is 1. The Morgan fingerprint density at radius 2 is 1.88 bits per heavy atom. The molecule has 0 fully saturated rings. The molecule has 0 aliphatic heterocycles. The van der Waals surface area contributed by atoms with Gasteiger partial charge >= 0.3 is 0 Å². The lowest BCUT2D eigenvalue weighted by Crippen LogP contribution is -2.11. The van der Waals surface area contributed by atoms with E-state index in [0.717, 1.165) is 5.69 Å². The Hall–Kier alpha value is -2.43. The molecular weight excluding hydrogens is 216 g/mol. The van der Waals surface area contributed by atoms with Gasteiger partial charge in [0.15, 0.2) is 5.82 Å². The van der Waals surface area contributed by atoms with Gasteiger partial charge in [-0.05, 0) is 6.92 Å². The molecule has 17 heavy (non-hydrogen) atoms. The summed E-state index contributed by atoms with van der Waals surface area (Å²) >= 11 is 0. The molecule has 1 aromatic carbocycles. The molecule has 0 spiro atoms. The van der Waals surface area contributed by atoms with Gasteiger partial charge in [-0.2, -0.15) is 0 Å². The second-order valence-corrected chi connectivity index (χ2v) is 3.73. The summed E-state index contributed by atoms with van der Waals surface area (Å²) in [6, 6.07) is 6.56. The van der Waals surface area contributed by atoms with Gasteiger partial charge in [-0.15, -0.1) is 0 Å². The second-order valence-electron chi connectivity index (χ2n) is 3.73. The van der Waals surface area contributed by atoms with Gasteiger partial charge in [0.05, 0.1) is 0 Å². The summed E-state index contributed by atoms with van der Waals surface area (Å²) in [5.74, 6) is 0.129. The van der Waals surface area contributed by atoms with Gasteiger partial charge in [-0.3, -0.25) is 10.2 Å². The summed E-state index contributed by atoms with van der Waals surface area (Å²) in [5.41, 5.74) is 7.29. The van der Waals surface area contributed by atoms with Crippen molar-refractivity contribution in [3.63, 3.8) is 0 Å². The number of amidine groups is 1. The molecule has 4 N–H and O–H groups in total. The lowest BCUT2D eigenvalue weighted by atomic mass is 10.1. The monoisotopic (exact) mass is 228 g/mol. The predicted octanol–water partition coefficient (Wildman–Crippen LogP) is 1.23. The third-order valence-electron chi connectivity index (χ3n) is 2.38. The number of carbonyl (C=O) groups is 1. The third kappa shape index (κ3) is 2.23. The van der Waals surface area contributed by atoms with E-state index < -0.39 is 0 Å². The van der Waals surface area contributed by atoms with Crippen molar-refractivity contribution in [2.24, 2.45) is 5.73 Å². The van der Waals surface area contributed by atoms with Crippen LogP contribution in [0.25, 0.3) is 0 Å². The Bertz CT molecular complexity index is 568. The number of nitrogens with zero attached hydrogens (tertiary/aromatic N) is 1. The molecule has 5 heteroatoms. The normalized spacial score (nSPS) is 10.2. The molecule has 0 aliphatic rings. The first-order valence-corrected chi connectivity index (χ1v) is 5.08. The number of benzene rings is 1. The number of nitrogens with one attached hydrogen (secondary N) is 2. The Morgan fingerprint density at radius 1 is 1.29 bits per heavy atom. The molecule has 0 unspecified atom stereocenters. The maximum Gasteiger partial charge on any atom is 0.228 e. The number of H-pyrrole nitrogens is 1. The van der Waals surface area contributed by atoms with E-state index in [2.05, 4.69) is 9.97 Å². The maximum atomic E-state index is 12.0. The highest BCUT2D eigenvalue weighted by atomic mass is 16.1. The van der Waals surface area contributed by atoms with E-state index in [0.29, 0.717) is 17.0 Å². The zero-order valence-corrected chi connectivity index (χ0v) is 9.32. The Kier molecular flexibility index (Phi) is 2.74. The average molecular weight is 228 g/mol. The van der Waals surface area contributed by atoms with Crippen LogP contribution in [0.5, 0.6) is 0 Å². The average Bonchev–Trinajstić information content (AvgIpc) is 2.75. The minimum atomic E-state index is -0.173. The summed E-state index contributed by atoms with van der Waals surface area (Å²) in [6.45, 7) is 1.84. The smallest absolute Gasteiger partial charge is 0.228 e. The predicted molar refractivity (Wildman–Crippen MR) is 64.2 cm³/mol. The van der Waals surface area contributed by atoms with Crippen LogP contribution in [0.15, 0.2) is 30.5 Å². The number of nitrogens with two attached hydrogens (primary N) is 1. The summed E-state index contributed by atoms with van der Waals surface area (Å²) in [4.78, 5) is 18.8. The highest BCUT2D eigenvalue weighted by molar-refractivity contribution is 6.07. The van der Waals surface area contributed by atoms with E-state index in [-0.39, 0.29) is 11.6 Å². The van der Waals surface area contributed by atoms with E-state index in [4.69, 9.17) is 11.1 Å². The molecule has 0 amide bonds. The van der Waals surface area contributed by atoms with Gasteiger partial charge in [0.1, 0.15) is 5.84 Å². The molecule has 2 rings (SSSR count). The maximum absolute atomic E-state index is 12.0. The van der Waals surface area contributed by atoms with Crippen LogP contribution < -0.4 is 5.73 Å². The molecule has 0 saturated carbocycles. The Morgan fingerprint density at radius 3 is 2.35 bits per heavy atom. The highest BCUT2D eigenvalue weighted by Crippen LogP contribution is 2.08. The highest BCUT2D eigenvalue weighted by Gasteiger charge is 2.12. The minimum Gasteiger partial charge on any atom is -0.384 e. The SMILES string of the molecule is Cc1cnc(C(=O)c2ccc(C(=N)N)cc2)[nH]1. The van der Waals surface area contributed by atoms with Gasteiger partial charge in [0, 0.05) is 23.0 Å². The molecule has 0 atom stereocenters. The van der Waals surface area contributed by atoms with Crippen LogP contribution in [-0.4, -0.2) is 21.6 Å². The van der Waals surface area contributed by atoms with E-state index in [1.165, 1.54) is 0 Å². The van der Waals surface area contributed by atoms with Crippen molar-refractivity contribution in [3.8, 4) is 0 Å². The first-order valence-electron chi connectivity index (χ1n) is 5.08. The summed E-state index contributed by atoms with van der Waals surface area (Å²) in [7, 11) is 0. The van der Waals surface area contributed by atoms with Gasteiger partial charge in [0.2, 0.25) is 5.78 Å². The van der Waals surface area contributed by atoms with Crippen LogP contribution in [0.2, 0.25) is 0 Å². The fourth-order valence-corrected chi connectivity index (χ4v) is 1.47. The number of hydrogen-bond acceptors (Lipinski definition) is 3. The van der Waals surface area contributed by atoms with Crippen LogP contribution in [0, 0.1) is 12.3 Å². The van der Waals surface area contributed by atoms with Gasteiger partial charge < -0.3 is 10.7 Å². The number of carbonyl (C=O) groups excluding carboxylic acids is 1. The fourth-order valence-electron chi connectivity index (χ4n) is 1.47. The molecule has 1 aromatic heterocycles. The number of aromatic nitrogens is 2. The quantitative estimate of drug-likeness (QED) is 0.419. The van der Waals surface area contributed by atoms with Gasteiger partial charge in [-0.25, -0.2) is 4.98 Å². The zero-order valence-electron chi connectivity index (χ0n) is 9.32. The van der Waals surface area contributed by atoms with Gasteiger partial charge in [-0.1, -0.05) is 24.3 Å². The lowest BCUT2D eigenvalue weighted by Gasteiger charge is -2.00. The topological polar surface area (TPSA) is 95.6 Å². The molecule has 1 heterocycles. The first-order chi connectivity index (χ1) is 8.08. The van der Waals surface area contributed by atoms with Crippen LogP contribution in [0.4, 0.5) is 0 Å². The number of imidazole rings is 1. The standard InChI is InChI=1S/C12H12N4O/c1-7-6-15-12(16-7)10(17)8-2-4-9(5-3-8)11(13)14/h2-6H,1H3,(H3,13,14)(H,15,16). The van der Waals surface area contributed by atoms with E-state index in [9.17, 15) is 4.79 Å². The molecule has 0 saturated heterocycles. The zero-order chi connectivity index (χ0) is 12.4. The number of nitrogen functional groups attached to an aromatic ring is 1. The molecular formula is C12H12N4O. The molecule has 2 aromatic rings. The van der Waals surface area contributed by atoms with Crippen LogP contribution in [0.3, 0.4) is 0 Å². The van der Waals surface area contributed by atoms with E-state index in [1.54, 1.807) is 30.5 Å². The van der Waals surface area contributed by atoms with Crippen LogP contribution >= 0.6 is 0 Å². The minimum absolute atomic E-state index is 0.0159. The van der Waals surface area contributed by atoms with Crippen LogP contribution in [0.1, 0.15) is 27.4 Å². The summed E-state index contributed by atoms with van der Waals surface area (Å²) in [5, 5.41) is 7.25. The number of ketones is 1. The Balaban J connectivity index is 2.29. The second kappa shape index (κ2) is 4.21. The van der Waals surface area contributed by atoms with Crippen molar-refractivity contribution < 1.29 is 4.79 Å². The molecule has 0 bridgehead atoms. The van der Waals surface area contributed by atoms with Crippen molar-refractivity contribution in [2.45, 2.75) is 6.92 Å². The number of rotatable bonds is 3. The molecule has 5 nitrogen and oxygen atoms in total. The summed E-state index contributed by atoms with van der Waals surface area (Å²) < 4.78 is 0.